The first-order valence-corrected chi connectivity index (χ1v) is 10.2. The third kappa shape index (κ3) is 5.07. The van der Waals surface area contributed by atoms with Crippen molar-refractivity contribution in [3.63, 3.8) is 0 Å². The van der Waals surface area contributed by atoms with Crippen molar-refractivity contribution in [1.82, 2.24) is 15.2 Å². The fourth-order valence-electron chi connectivity index (χ4n) is 3.57. The van der Waals surface area contributed by atoms with Crippen LogP contribution in [0.2, 0.25) is 5.02 Å². The van der Waals surface area contributed by atoms with E-state index < -0.39 is 5.92 Å². The Hall–Kier alpha value is -2.60. The second-order valence-electron chi connectivity index (χ2n) is 7.20. The highest BCUT2D eigenvalue weighted by molar-refractivity contribution is 6.30. The monoisotopic (exact) mass is 415 g/mol. The van der Waals surface area contributed by atoms with Gasteiger partial charge in [0.2, 0.25) is 17.7 Å². The van der Waals surface area contributed by atoms with Crippen molar-refractivity contribution in [3.8, 4) is 5.88 Å². The van der Waals surface area contributed by atoms with Gasteiger partial charge in [-0.25, -0.2) is 4.98 Å². The minimum atomic E-state index is -0.480. The molecule has 1 aliphatic heterocycles. The molecule has 1 saturated heterocycles. The summed E-state index contributed by atoms with van der Waals surface area (Å²) < 4.78 is 5.73. The van der Waals surface area contributed by atoms with Crippen LogP contribution in [-0.2, 0) is 16.1 Å². The van der Waals surface area contributed by atoms with Gasteiger partial charge < -0.3 is 15.0 Å². The molecular weight excluding hydrogens is 390 g/mol. The molecule has 6 nitrogen and oxygen atoms in total. The molecule has 1 aromatic carbocycles. The van der Waals surface area contributed by atoms with Gasteiger partial charge in [0.05, 0.1) is 18.6 Å². The minimum Gasteiger partial charge on any atom is -0.477 e. The number of unbranched alkanes of at least 4 members (excludes halogenated alkanes) is 1. The van der Waals surface area contributed by atoms with E-state index in [1.165, 1.54) is 0 Å². The molecule has 0 bridgehead atoms. The number of amides is 2. The number of carbonyl (C=O) groups excluding carboxylic acids is 2. The summed E-state index contributed by atoms with van der Waals surface area (Å²) in [5.41, 5.74) is 1.67. The molecule has 1 fully saturated rings. The number of hydrogen-bond acceptors (Lipinski definition) is 4. The number of rotatable bonds is 8. The smallest absolute Gasteiger partial charge is 0.226 e. The first-order chi connectivity index (χ1) is 14.0. The Bertz CT molecular complexity index is 874. The standard InChI is InChI=1S/C22H26ClN3O3/c1-3-4-11-29-22-16(8-6-10-24-22)14-25-21(28)18-13-19(27)26(2)20(18)15-7-5-9-17(23)12-15/h5-10,12,18,20H,3-4,11,13-14H2,1-2H3,(H,25,28). The van der Waals surface area contributed by atoms with Crippen LogP contribution in [0.4, 0.5) is 0 Å². The van der Waals surface area contributed by atoms with Crippen LogP contribution in [0.3, 0.4) is 0 Å². The van der Waals surface area contributed by atoms with E-state index in [0.29, 0.717) is 24.1 Å². The van der Waals surface area contributed by atoms with Crippen LogP contribution in [0.25, 0.3) is 0 Å². The topological polar surface area (TPSA) is 71.5 Å². The molecule has 1 N–H and O–H groups in total. The third-order valence-electron chi connectivity index (χ3n) is 5.15. The zero-order valence-corrected chi connectivity index (χ0v) is 17.5. The lowest BCUT2D eigenvalue weighted by Gasteiger charge is -2.25. The number of pyridine rings is 1. The Morgan fingerprint density at radius 1 is 1.34 bits per heavy atom. The van der Waals surface area contributed by atoms with Gasteiger partial charge in [0, 0.05) is 36.8 Å². The van der Waals surface area contributed by atoms with E-state index >= 15 is 0 Å². The maximum atomic E-state index is 13.0. The number of likely N-dealkylation sites (tertiary alicyclic amines) is 1. The van der Waals surface area contributed by atoms with E-state index in [1.807, 2.05) is 30.3 Å². The third-order valence-corrected chi connectivity index (χ3v) is 5.39. The van der Waals surface area contributed by atoms with Gasteiger partial charge in [-0.15, -0.1) is 0 Å². The van der Waals surface area contributed by atoms with Gasteiger partial charge in [-0.1, -0.05) is 43.1 Å². The van der Waals surface area contributed by atoms with E-state index in [2.05, 4.69) is 17.2 Å². The van der Waals surface area contributed by atoms with E-state index in [9.17, 15) is 9.59 Å². The van der Waals surface area contributed by atoms with Crippen LogP contribution in [-0.4, -0.2) is 35.4 Å². The van der Waals surface area contributed by atoms with Crippen molar-refractivity contribution in [2.45, 2.75) is 38.8 Å². The Labute approximate surface area is 176 Å². The first-order valence-electron chi connectivity index (χ1n) is 9.86. The molecule has 0 radical (unpaired) electrons. The van der Waals surface area contributed by atoms with Crippen molar-refractivity contribution >= 4 is 23.4 Å². The average molecular weight is 416 g/mol. The van der Waals surface area contributed by atoms with Crippen molar-refractivity contribution < 1.29 is 14.3 Å². The summed E-state index contributed by atoms with van der Waals surface area (Å²) in [6, 6.07) is 10.7. The SMILES string of the molecule is CCCCOc1ncccc1CNC(=O)C1CC(=O)N(C)C1c1cccc(Cl)c1. The Balaban J connectivity index is 1.71. The summed E-state index contributed by atoms with van der Waals surface area (Å²) >= 11 is 6.12. The van der Waals surface area contributed by atoms with Crippen LogP contribution in [0.15, 0.2) is 42.6 Å². The number of aromatic nitrogens is 1. The lowest BCUT2D eigenvalue weighted by atomic mass is 9.93. The normalized spacial score (nSPS) is 18.7. The number of nitrogens with zero attached hydrogens (tertiary/aromatic N) is 2. The Morgan fingerprint density at radius 2 is 2.17 bits per heavy atom. The highest BCUT2D eigenvalue weighted by Gasteiger charge is 2.42. The molecule has 0 saturated carbocycles. The van der Waals surface area contributed by atoms with Crippen molar-refractivity contribution in [2.75, 3.05) is 13.7 Å². The fourth-order valence-corrected chi connectivity index (χ4v) is 3.77. The van der Waals surface area contributed by atoms with Crippen molar-refractivity contribution in [2.24, 2.45) is 5.92 Å². The molecule has 2 heterocycles. The van der Waals surface area contributed by atoms with E-state index in [1.54, 1.807) is 24.2 Å². The summed E-state index contributed by atoms with van der Waals surface area (Å²) in [5, 5.41) is 3.54. The summed E-state index contributed by atoms with van der Waals surface area (Å²) in [6.45, 7) is 2.98. The van der Waals surface area contributed by atoms with Gasteiger partial charge in [-0.05, 0) is 30.2 Å². The minimum absolute atomic E-state index is 0.0555. The Morgan fingerprint density at radius 3 is 2.93 bits per heavy atom. The maximum absolute atomic E-state index is 13.0. The number of carbonyl (C=O) groups is 2. The largest absolute Gasteiger partial charge is 0.477 e. The molecule has 7 heteroatoms. The molecule has 154 valence electrons. The van der Waals surface area contributed by atoms with Crippen LogP contribution in [0.1, 0.15) is 43.4 Å². The van der Waals surface area contributed by atoms with Crippen LogP contribution >= 0.6 is 11.6 Å². The zero-order valence-electron chi connectivity index (χ0n) is 16.7. The first kappa shape index (κ1) is 21.1. The molecule has 1 aromatic heterocycles. The van der Waals surface area contributed by atoms with E-state index in [-0.39, 0.29) is 24.3 Å². The van der Waals surface area contributed by atoms with Gasteiger partial charge in [0.15, 0.2) is 0 Å². The van der Waals surface area contributed by atoms with Gasteiger partial charge in [-0.2, -0.15) is 0 Å². The molecule has 2 aromatic rings. The molecule has 3 rings (SSSR count). The average Bonchev–Trinajstić information content (AvgIpc) is 3.02. The van der Waals surface area contributed by atoms with Gasteiger partial charge in [-0.3, -0.25) is 9.59 Å². The van der Waals surface area contributed by atoms with Gasteiger partial charge >= 0.3 is 0 Å². The van der Waals surface area contributed by atoms with E-state index in [0.717, 1.165) is 24.0 Å². The maximum Gasteiger partial charge on any atom is 0.226 e. The summed E-state index contributed by atoms with van der Waals surface area (Å²) in [6.07, 6.45) is 3.83. The molecular formula is C22H26ClN3O3. The molecule has 29 heavy (non-hydrogen) atoms. The van der Waals surface area contributed by atoms with Crippen LogP contribution in [0, 0.1) is 5.92 Å². The highest BCUT2D eigenvalue weighted by Crippen LogP contribution is 2.37. The molecule has 1 aliphatic rings. The molecule has 2 atom stereocenters. The fraction of sp³-hybridized carbons (Fsp3) is 0.409. The number of hydrogen-bond donors (Lipinski definition) is 1. The molecule has 2 unspecified atom stereocenters. The van der Waals surface area contributed by atoms with Crippen molar-refractivity contribution in [3.05, 3.63) is 58.7 Å². The molecule has 2 amide bonds. The van der Waals surface area contributed by atoms with Gasteiger partial charge in [0.25, 0.3) is 0 Å². The summed E-state index contributed by atoms with van der Waals surface area (Å²) in [4.78, 5) is 31.2. The summed E-state index contributed by atoms with van der Waals surface area (Å²) in [5.74, 6) is -0.171. The van der Waals surface area contributed by atoms with Crippen LogP contribution in [0.5, 0.6) is 5.88 Å². The zero-order chi connectivity index (χ0) is 20.8. The second-order valence-corrected chi connectivity index (χ2v) is 7.64. The van der Waals surface area contributed by atoms with Crippen LogP contribution < -0.4 is 10.1 Å². The molecule has 0 spiro atoms. The Kier molecular flexibility index (Phi) is 7.09. The number of ether oxygens (including phenoxy) is 1. The number of nitrogens with one attached hydrogen (secondary N) is 1. The second kappa shape index (κ2) is 9.74. The van der Waals surface area contributed by atoms with Gasteiger partial charge in [0.1, 0.15) is 0 Å². The lowest BCUT2D eigenvalue weighted by molar-refractivity contribution is -0.128. The molecule has 0 aliphatic carbocycles. The van der Waals surface area contributed by atoms with Crippen molar-refractivity contribution in [1.29, 1.82) is 0 Å². The number of halogens is 1. The predicted molar refractivity (Wildman–Crippen MR) is 112 cm³/mol. The summed E-state index contributed by atoms with van der Waals surface area (Å²) in [7, 11) is 1.72. The lowest BCUT2D eigenvalue weighted by Crippen LogP contribution is -2.34. The van der Waals surface area contributed by atoms with E-state index in [4.69, 9.17) is 16.3 Å². The number of benzene rings is 1. The highest BCUT2D eigenvalue weighted by atomic mass is 35.5. The quantitative estimate of drug-likeness (QED) is 0.666. The predicted octanol–water partition coefficient (Wildman–Crippen LogP) is 3.75.